The van der Waals surface area contributed by atoms with E-state index in [0.29, 0.717) is 4.90 Å². The van der Waals surface area contributed by atoms with Crippen LogP contribution in [0, 0.1) is 0 Å². The van der Waals surface area contributed by atoms with Gasteiger partial charge in [-0.05, 0) is 6.42 Å². The van der Waals surface area contributed by atoms with E-state index in [2.05, 4.69) is 27.4 Å². The number of methoxy groups -OCH3 is 2. The lowest BCUT2D eigenvalue weighted by molar-refractivity contribution is -0.154. The van der Waals surface area contributed by atoms with Crippen LogP contribution in [0.4, 0.5) is 0 Å². The minimum Gasteiger partial charge on any atom is -0.468 e. The predicted octanol–water partition coefficient (Wildman–Crippen LogP) is -1.77. The maximum Gasteiger partial charge on any atom is 0.325 e. The molecule has 0 spiro atoms. The van der Waals surface area contributed by atoms with E-state index < -0.39 is 48.3 Å². The lowest BCUT2D eigenvalue weighted by Gasteiger charge is -2.23. The Kier molecular flexibility index (Phi) is 10.4. The van der Waals surface area contributed by atoms with Crippen LogP contribution in [0.5, 0.6) is 0 Å². The van der Waals surface area contributed by atoms with E-state index in [-0.39, 0.29) is 18.6 Å². The van der Waals surface area contributed by atoms with Crippen LogP contribution >= 0.6 is 12.6 Å². The zero-order chi connectivity index (χ0) is 19.6. The number of esters is 2. The van der Waals surface area contributed by atoms with Crippen molar-refractivity contribution in [3.8, 4) is 0 Å². The number of nitrogens with two attached hydrogens (primary N) is 1. The molecule has 142 valence electrons. The number of hydrogen-bond acceptors (Lipinski definition) is 9. The standard InChI is InChI=1S/C14H23N3O7S/c1-8(18)17(6-12(20)23-2)13(21)10(7-25)16-11(19)5-4-9(15)14(22)24-3/h9-10,25H,4-7,15H2,1-3H3,(H,16,19). The number of amides is 3. The molecular weight excluding hydrogens is 354 g/mol. The second kappa shape index (κ2) is 11.4. The zero-order valence-corrected chi connectivity index (χ0v) is 15.2. The summed E-state index contributed by atoms with van der Waals surface area (Å²) in [6, 6.07) is -2.09. The quantitative estimate of drug-likeness (QED) is 0.316. The molecule has 0 saturated heterocycles. The van der Waals surface area contributed by atoms with Gasteiger partial charge in [0.1, 0.15) is 18.6 Å². The van der Waals surface area contributed by atoms with E-state index in [0.717, 1.165) is 14.0 Å². The summed E-state index contributed by atoms with van der Waals surface area (Å²) in [5, 5.41) is 2.39. The molecule has 25 heavy (non-hydrogen) atoms. The van der Waals surface area contributed by atoms with Gasteiger partial charge in [-0.15, -0.1) is 0 Å². The van der Waals surface area contributed by atoms with Crippen molar-refractivity contribution < 1.29 is 33.4 Å². The number of nitrogens with one attached hydrogen (secondary N) is 1. The van der Waals surface area contributed by atoms with E-state index >= 15 is 0 Å². The minimum atomic E-state index is -1.13. The number of carbonyl (C=O) groups is 5. The van der Waals surface area contributed by atoms with E-state index in [9.17, 15) is 24.0 Å². The van der Waals surface area contributed by atoms with Crippen molar-refractivity contribution in [1.29, 1.82) is 0 Å². The Morgan fingerprint density at radius 1 is 1.16 bits per heavy atom. The molecule has 2 unspecified atom stereocenters. The van der Waals surface area contributed by atoms with Crippen LogP contribution in [0.3, 0.4) is 0 Å². The summed E-state index contributed by atoms with van der Waals surface area (Å²) in [7, 11) is 2.29. The zero-order valence-electron chi connectivity index (χ0n) is 14.3. The molecule has 0 rings (SSSR count). The number of hydrogen-bond donors (Lipinski definition) is 3. The van der Waals surface area contributed by atoms with Crippen molar-refractivity contribution in [3.05, 3.63) is 0 Å². The number of imide groups is 1. The highest BCUT2D eigenvalue weighted by atomic mass is 32.1. The van der Waals surface area contributed by atoms with Gasteiger partial charge in [0.25, 0.3) is 5.91 Å². The van der Waals surface area contributed by atoms with Crippen LogP contribution < -0.4 is 11.1 Å². The van der Waals surface area contributed by atoms with Crippen molar-refractivity contribution in [3.63, 3.8) is 0 Å². The molecule has 0 fully saturated rings. The molecule has 0 aromatic heterocycles. The van der Waals surface area contributed by atoms with Gasteiger partial charge in [0.15, 0.2) is 0 Å². The van der Waals surface area contributed by atoms with E-state index in [1.54, 1.807) is 0 Å². The largest absolute Gasteiger partial charge is 0.468 e. The third-order valence-corrected chi connectivity index (χ3v) is 3.53. The summed E-state index contributed by atoms with van der Waals surface area (Å²) in [5.74, 6) is -3.57. The molecule has 0 aliphatic rings. The summed E-state index contributed by atoms with van der Waals surface area (Å²) in [6.45, 7) is 0.533. The second-order valence-electron chi connectivity index (χ2n) is 4.99. The number of thiol groups is 1. The summed E-state index contributed by atoms with van der Waals surface area (Å²) < 4.78 is 8.86. The van der Waals surface area contributed by atoms with E-state index in [1.807, 2.05) is 0 Å². The van der Waals surface area contributed by atoms with Crippen LogP contribution in [0.1, 0.15) is 19.8 Å². The van der Waals surface area contributed by atoms with Gasteiger partial charge in [-0.2, -0.15) is 12.6 Å². The highest BCUT2D eigenvalue weighted by Gasteiger charge is 2.29. The Balaban J connectivity index is 4.80. The van der Waals surface area contributed by atoms with Crippen LogP contribution in [-0.2, 0) is 33.4 Å². The molecule has 10 nitrogen and oxygen atoms in total. The van der Waals surface area contributed by atoms with Crippen LogP contribution in [0.15, 0.2) is 0 Å². The summed E-state index contributed by atoms with van der Waals surface area (Å²) in [4.78, 5) is 58.9. The average molecular weight is 377 g/mol. The molecule has 0 saturated carbocycles. The number of nitrogens with zero attached hydrogens (tertiary/aromatic N) is 1. The Morgan fingerprint density at radius 3 is 2.20 bits per heavy atom. The maximum atomic E-state index is 12.3. The van der Waals surface area contributed by atoms with Crippen molar-refractivity contribution in [2.75, 3.05) is 26.5 Å². The van der Waals surface area contributed by atoms with Gasteiger partial charge in [-0.3, -0.25) is 28.9 Å². The summed E-state index contributed by atoms with van der Waals surface area (Å²) >= 11 is 3.97. The van der Waals surface area contributed by atoms with Crippen molar-refractivity contribution in [2.45, 2.75) is 31.8 Å². The first-order chi connectivity index (χ1) is 11.7. The first-order valence-corrected chi connectivity index (χ1v) is 7.93. The molecular formula is C14H23N3O7S. The first kappa shape index (κ1) is 22.9. The fourth-order valence-corrected chi connectivity index (χ4v) is 1.98. The number of ether oxygens (including phenoxy) is 2. The second-order valence-corrected chi connectivity index (χ2v) is 5.36. The molecule has 3 N–H and O–H groups in total. The summed E-state index contributed by atoms with van der Waals surface area (Å²) in [6.07, 6.45) is -0.116. The maximum absolute atomic E-state index is 12.3. The highest BCUT2D eigenvalue weighted by Crippen LogP contribution is 2.03. The number of rotatable bonds is 9. The van der Waals surface area contributed by atoms with Crippen molar-refractivity contribution >= 4 is 42.3 Å². The normalized spacial score (nSPS) is 12.5. The Labute approximate surface area is 150 Å². The molecule has 0 aliphatic heterocycles. The third-order valence-electron chi connectivity index (χ3n) is 3.16. The van der Waals surface area contributed by atoms with E-state index in [4.69, 9.17) is 5.73 Å². The Morgan fingerprint density at radius 2 is 1.76 bits per heavy atom. The van der Waals surface area contributed by atoms with Gasteiger partial charge in [0.2, 0.25) is 11.8 Å². The van der Waals surface area contributed by atoms with Gasteiger partial charge < -0.3 is 20.5 Å². The third kappa shape index (κ3) is 7.98. The molecule has 0 bridgehead atoms. The highest BCUT2D eigenvalue weighted by molar-refractivity contribution is 7.80. The Hall–Kier alpha value is -2.14. The predicted molar refractivity (Wildman–Crippen MR) is 89.4 cm³/mol. The van der Waals surface area contributed by atoms with Gasteiger partial charge in [-0.25, -0.2) is 0 Å². The van der Waals surface area contributed by atoms with Crippen LogP contribution in [0.25, 0.3) is 0 Å². The van der Waals surface area contributed by atoms with Crippen LogP contribution in [-0.4, -0.2) is 73.2 Å². The average Bonchev–Trinajstić information content (AvgIpc) is 2.59. The van der Waals surface area contributed by atoms with Gasteiger partial charge in [0.05, 0.1) is 14.2 Å². The molecule has 0 radical (unpaired) electrons. The lowest BCUT2D eigenvalue weighted by atomic mass is 10.1. The molecule has 3 amide bonds. The van der Waals surface area contributed by atoms with Crippen molar-refractivity contribution in [1.82, 2.24) is 10.2 Å². The number of carbonyl (C=O) groups excluding carboxylic acids is 5. The van der Waals surface area contributed by atoms with Crippen molar-refractivity contribution in [2.24, 2.45) is 5.73 Å². The molecule has 0 aromatic rings. The molecule has 0 heterocycles. The Bertz CT molecular complexity index is 527. The molecule has 0 aromatic carbocycles. The van der Waals surface area contributed by atoms with Gasteiger partial charge >= 0.3 is 11.9 Å². The molecule has 0 aliphatic carbocycles. The van der Waals surface area contributed by atoms with Gasteiger partial charge in [-0.1, -0.05) is 0 Å². The topological polar surface area (TPSA) is 145 Å². The first-order valence-electron chi connectivity index (χ1n) is 7.30. The van der Waals surface area contributed by atoms with E-state index in [1.165, 1.54) is 7.11 Å². The fourth-order valence-electron chi connectivity index (χ4n) is 1.73. The summed E-state index contributed by atoms with van der Waals surface area (Å²) in [5.41, 5.74) is 5.52. The minimum absolute atomic E-state index is 0.0184. The van der Waals surface area contributed by atoms with Gasteiger partial charge in [0, 0.05) is 19.1 Å². The fraction of sp³-hybridized carbons (Fsp3) is 0.643. The smallest absolute Gasteiger partial charge is 0.325 e. The monoisotopic (exact) mass is 377 g/mol. The lowest BCUT2D eigenvalue weighted by Crippen LogP contribution is -2.52. The SMILES string of the molecule is COC(=O)CN(C(C)=O)C(=O)C(CS)NC(=O)CCC(N)C(=O)OC. The molecule has 11 heteroatoms. The molecule has 2 atom stereocenters. The van der Waals surface area contributed by atoms with Crippen LogP contribution in [0.2, 0.25) is 0 Å².